The summed E-state index contributed by atoms with van der Waals surface area (Å²) in [6.45, 7) is 3.70. The molecule has 6 nitrogen and oxygen atoms in total. The van der Waals surface area contributed by atoms with Crippen LogP contribution in [0.4, 0.5) is 0 Å². The standard InChI is InChI=1S/C18H30N4O2/c1-13-8-16(21-20-13)9-14-10-22(11-17(14)23)12-18(24)19-15-6-4-2-3-5-7-15/h8,14-15,17,23H,2-7,9-12H2,1H3,(H,19,24)(H,20,21)/t14-,17-/m1/s1. The minimum absolute atomic E-state index is 0.102. The molecule has 0 radical (unpaired) electrons. The molecule has 0 unspecified atom stereocenters. The predicted octanol–water partition coefficient (Wildman–Crippen LogP) is 1.39. The smallest absolute Gasteiger partial charge is 0.234 e. The fraction of sp³-hybridized carbons (Fsp3) is 0.778. The molecule has 2 heterocycles. The van der Waals surface area contributed by atoms with E-state index in [9.17, 15) is 9.90 Å². The first-order chi connectivity index (χ1) is 11.6. The van der Waals surface area contributed by atoms with E-state index in [0.717, 1.165) is 37.2 Å². The Hall–Kier alpha value is -1.40. The van der Waals surface area contributed by atoms with Gasteiger partial charge in [-0.1, -0.05) is 25.7 Å². The van der Waals surface area contributed by atoms with E-state index in [1.165, 1.54) is 25.7 Å². The second-order valence-corrected chi connectivity index (χ2v) is 7.52. The van der Waals surface area contributed by atoms with Crippen molar-refractivity contribution in [2.24, 2.45) is 5.92 Å². The highest BCUT2D eigenvalue weighted by atomic mass is 16.3. The average molecular weight is 334 g/mol. The number of aromatic nitrogens is 2. The topological polar surface area (TPSA) is 81.2 Å². The molecule has 1 aromatic rings. The Morgan fingerprint density at radius 3 is 2.75 bits per heavy atom. The number of likely N-dealkylation sites (tertiary alicyclic amines) is 1. The first kappa shape index (κ1) is 17.4. The zero-order valence-corrected chi connectivity index (χ0v) is 14.6. The summed E-state index contributed by atoms with van der Waals surface area (Å²) >= 11 is 0. The number of rotatable bonds is 5. The van der Waals surface area contributed by atoms with Crippen LogP contribution in [0, 0.1) is 12.8 Å². The molecule has 1 aliphatic heterocycles. The van der Waals surface area contributed by atoms with Gasteiger partial charge < -0.3 is 10.4 Å². The largest absolute Gasteiger partial charge is 0.391 e. The van der Waals surface area contributed by atoms with Crippen molar-refractivity contribution in [1.29, 1.82) is 0 Å². The van der Waals surface area contributed by atoms with Gasteiger partial charge in [0.05, 0.1) is 18.3 Å². The molecule has 1 aromatic heterocycles. The summed E-state index contributed by atoms with van der Waals surface area (Å²) in [7, 11) is 0. The first-order valence-corrected chi connectivity index (χ1v) is 9.31. The maximum Gasteiger partial charge on any atom is 0.234 e. The zero-order valence-electron chi connectivity index (χ0n) is 14.6. The minimum atomic E-state index is -0.382. The van der Waals surface area contributed by atoms with Crippen LogP contribution in [0.2, 0.25) is 0 Å². The predicted molar refractivity (Wildman–Crippen MR) is 92.6 cm³/mol. The van der Waals surface area contributed by atoms with Crippen LogP contribution in [0.15, 0.2) is 6.07 Å². The van der Waals surface area contributed by atoms with Crippen LogP contribution in [-0.4, -0.2) is 57.9 Å². The van der Waals surface area contributed by atoms with E-state index in [1.807, 2.05) is 13.0 Å². The molecule has 3 N–H and O–H groups in total. The van der Waals surface area contributed by atoms with E-state index in [0.29, 0.717) is 19.1 Å². The maximum absolute atomic E-state index is 12.3. The van der Waals surface area contributed by atoms with Gasteiger partial charge in [-0.3, -0.25) is 14.8 Å². The van der Waals surface area contributed by atoms with E-state index < -0.39 is 0 Å². The Morgan fingerprint density at radius 1 is 1.33 bits per heavy atom. The van der Waals surface area contributed by atoms with Crippen molar-refractivity contribution in [3.05, 3.63) is 17.5 Å². The summed E-state index contributed by atoms with van der Waals surface area (Å²) in [5.41, 5.74) is 2.03. The average Bonchev–Trinajstić information content (AvgIpc) is 2.97. The van der Waals surface area contributed by atoms with Gasteiger partial charge in [-0.15, -0.1) is 0 Å². The molecule has 24 heavy (non-hydrogen) atoms. The molecule has 0 spiro atoms. The van der Waals surface area contributed by atoms with Gasteiger partial charge in [-0.05, 0) is 32.3 Å². The monoisotopic (exact) mass is 334 g/mol. The number of nitrogens with one attached hydrogen (secondary N) is 2. The van der Waals surface area contributed by atoms with Crippen LogP contribution in [-0.2, 0) is 11.2 Å². The van der Waals surface area contributed by atoms with Crippen molar-refractivity contribution in [2.75, 3.05) is 19.6 Å². The molecule has 0 aromatic carbocycles. The van der Waals surface area contributed by atoms with E-state index in [-0.39, 0.29) is 17.9 Å². The van der Waals surface area contributed by atoms with Crippen molar-refractivity contribution in [3.8, 4) is 0 Å². The fourth-order valence-corrected chi connectivity index (χ4v) is 4.02. The van der Waals surface area contributed by atoms with Crippen LogP contribution in [0.25, 0.3) is 0 Å². The fourth-order valence-electron chi connectivity index (χ4n) is 4.02. The van der Waals surface area contributed by atoms with Crippen LogP contribution >= 0.6 is 0 Å². The highest BCUT2D eigenvalue weighted by Gasteiger charge is 2.32. The van der Waals surface area contributed by atoms with E-state index >= 15 is 0 Å². The molecule has 3 rings (SSSR count). The highest BCUT2D eigenvalue weighted by molar-refractivity contribution is 5.78. The summed E-state index contributed by atoms with van der Waals surface area (Å²) in [6.07, 6.45) is 7.61. The molecule has 0 bridgehead atoms. The summed E-state index contributed by atoms with van der Waals surface area (Å²) in [5.74, 6) is 0.253. The third-order valence-corrected chi connectivity index (χ3v) is 5.30. The number of H-pyrrole nitrogens is 1. The van der Waals surface area contributed by atoms with Crippen LogP contribution in [0.1, 0.15) is 49.9 Å². The van der Waals surface area contributed by atoms with Crippen LogP contribution in [0.5, 0.6) is 0 Å². The molecular formula is C18H30N4O2. The molecule has 2 atom stereocenters. The van der Waals surface area contributed by atoms with Crippen molar-refractivity contribution in [3.63, 3.8) is 0 Å². The quantitative estimate of drug-likeness (QED) is 0.711. The number of aryl methyl sites for hydroxylation is 1. The third-order valence-electron chi connectivity index (χ3n) is 5.30. The van der Waals surface area contributed by atoms with Gasteiger partial charge in [-0.25, -0.2) is 0 Å². The zero-order chi connectivity index (χ0) is 16.9. The van der Waals surface area contributed by atoms with Gasteiger partial charge in [-0.2, -0.15) is 5.10 Å². The number of β-amino-alcohol motifs (C(OH)–C–C–N with tert-alkyl or cyclic N) is 1. The van der Waals surface area contributed by atoms with Gasteiger partial charge in [0, 0.05) is 30.7 Å². The molecular weight excluding hydrogens is 304 g/mol. The summed E-state index contributed by atoms with van der Waals surface area (Å²) < 4.78 is 0. The lowest BCUT2D eigenvalue weighted by atomic mass is 10.0. The summed E-state index contributed by atoms with van der Waals surface area (Å²) in [6, 6.07) is 2.36. The van der Waals surface area contributed by atoms with Crippen molar-refractivity contribution < 1.29 is 9.90 Å². The SMILES string of the molecule is Cc1cc(C[C@@H]2CN(CC(=O)NC3CCCCCC3)C[C@H]2O)n[nH]1. The van der Waals surface area contributed by atoms with Crippen molar-refractivity contribution >= 4 is 5.91 Å². The summed E-state index contributed by atoms with van der Waals surface area (Å²) in [4.78, 5) is 14.4. The molecule has 2 aliphatic rings. The van der Waals surface area contributed by atoms with Gasteiger partial charge >= 0.3 is 0 Å². The van der Waals surface area contributed by atoms with Crippen molar-refractivity contribution in [1.82, 2.24) is 20.4 Å². The lowest BCUT2D eigenvalue weighted by Gasteiger charge is -2.19. The van der Waals surface area contributed by atoms with E-state index in [4.69, 9.17) is 0 Å². The van der Waals surface area contributed by atoms with E-state index in [2.05, 4.69) is 20.4 Å². The molecule has 1 saturated carbocycles. The molecule has 2 fully saturated rings. The lowest BCUT2D eigenvalue weighted by Crippen LogP contribution is -2.41. The number of hydrogen-bond acceptors (Lipinski definition) is 4. The van der Waals surface area contributed by atoms with Crippen LogP contribution < -0.4 is 5.32 Å². The molecule has 1 saturated heterocycles. The van der Waals surface area contributed by atoms with Gasteiger partial charge in [0.2, 0.25) is 5.91 Å². The number of hydrogen-bond donors (Lipinski definition) is 3. The Morgan fingerprint density at radius 2 is 2.08 bits per heavy atom. The first-order valence-electron chi connectivity index (χ1n) is 9.31. The molecule has 134 valence electrons. The Kier molecular flexibility index (Phi) is 5.89. The third kappa shape index (κ3) is 4.80. The number of aliphatic hydroxyl groups is 1. The number of nitrogens with zero attached hydrogens (tertiary/aromatic N) is 2. The lowest BCUT2D eigenvalue weighted by molar-refractivity contribution is -0.122. The maximum atomic E-state index is 12.3. The minimum Gasteiger partial charge on any atom is -0.391 e. The number of amides is 1. The van der Waals surface area contributed by atoms with Gasteiger partial charge in [0.1, 0.15) is 0 Å². The highest BCUT2D eigenvalue weighted by Crippen LogP contribution is 2.21. The second kappa shape index (κ2) is 8.12. The normalized spacial score (nSPS) is 26.4. The molecule has 1 amide bonds. The Labute approximate surface area is 144 Å². The Balaban J connectivity index is 1.44. The van der Waals surface area contributed by atoms with E-state index in [1.54, 1.807) is 0 Å². The van der Waals surface area contributed by atoms with Gasteiger partial charge in [0.25, 0.3) is 0 Å². The number of aromatic amines is 1. The Bertz CT molecular complexity index is 537. The van der Waals surface area contributed by atoms with Gasteiger partial charge in [0.15, 0.2) is 0 Å². The molecule has 6 heteroatoms. The number of carbonyl (C=O) groups excluding carboxylic acids is 1. The summed E-state index contributed by atoms with van der Waals surface area (Å²) in [5, 5.41) is 20.7. The number of carbonyl (C=O) groups is 1. The molecule has 1 aliphatic carbocycles. The van der Waals surface area contributed by atoms with Crippen molar-refractivity contribution in [2.45, 2.75) is 64.0 Å². The number of aliphatic hydroxyl groups excluding tert-OH is 1. The second-order valence-electron chi connectivity index (χ2n) is 7.52. The van der Waals surface area contributed by atoms with Crippen LogP contribution in [0.3, 0.4) is 0 Å².